The van der Waals surface area contributed by atoms with Gasteiger partial charge < -0.3 is 14.9 Å². The fourth-order valence-corrected chi connectivity index (χ4v) is 3.00. The first-order valence-electron chi connectivity index (χ1n) is 6.84. The highest BCUT2D eigenvalue weighted by molar-refractivity contribution is 9.10. The minimum Gasteiger partial charge on any atom is -0.398 e. The highest BCUT2D eigenvalue weighted by Crippen LogP contribution is 2.24. The van der Waals surface area contributed by atoms with E-state index in [0.717, 1.165) is 17.4 Å². The van der Waals surface area contributed by atoms with Crippen molar-refractivity contribution in [2.24, 2.45) is 0 Å². The van der Waals surface area contributed by atoms with Gasteiger partial charge in [0, 0.05) is 52.6 Å². The minimum atomic E-state index is -0.00990. The van der Waals surface area contributed by atoms with Gasteiger partial charge in [0.25, 0.3) is 5.56 Å². The van der Waals surface area contributed by atoms with Gasteiger partial charge in [-0.3, -0.25) is 4.79 Å². The molecule has 0 amide bonds. The lowest BCUT2D eigenvalue weighted by Gasteiger charge is -2.08. The van der Waals surface area contributed by atoms with Crippen molar-refractivity contribution in [1.82, 2.24) is 9.13 Å². The van der Waals surface area contributed by atoms with Gasteiger partial charge in [-0.15, -0.1) is 0 Å². The van der Waals surface area contributed by atoms with E-state index in [2.05, 4.69) is 38.8 Å². The summed E-state index contributed by atoms with van der Waals surface area (Å²) in [6, 6.07) is 11.4. The van der Waals surface area contributed by atoms with E-state index in [1.807, 2.05) is 12.1 Å². The summed E-state index contributed by atoms with van der Waals surface area (Å²) in [5.74, 6) is 0. The first kappa shape index (κ1) is 13.9. The molecule has 0 saturated heterocycles. The molecule has 4 nitrogen and oxygen atoms in total. The Hall–Kier alpha value is -2.01. The zero-order chi connectivity index (χ0) is 14.8. The van der Waals surface area contributed by atoms with Gasteiger partial charge in [-0.05, 0) is 30.7 Å². The Morgan fingerprint density at radius 3 is 2.71 bits per heavy atom. The summed E-state index contributed by atoms with van der Waals surface area (Å²) in [6.07, 6.45) is 4.66. The molecule has 1 aromatic carbocycles. The molecule has 2 aromatic heterocycles. The molecule has 0 atom stereocenters. The molecule has 0 unspecified atom stereocenters. The van der Waals surface area contributed by atoms with E-state index >= 15 is 0 Å². The van der Waals surface area contributed by atoms with Gasteiger partial charge in [-0.2, -0.15) is 0 Å². The third-order valence-electron chi connectivity index (χ3n) is 3.56. The number of nitrogen functional groups attached to an aromatic ring is 1. The smallest absolute Gasteiger partial charge is 0.250 e. The largest absolute Gasteiger partial charge is 0.398 e. The van der Waals surface area contributed by atoms with Crippen molar-refractivity contribution >= 4 is 32.5 Å². The predicted octanol–water partition coefficient (Wildman–Crippen LogP) is 3.24. The Kier molecular flexibility index (Phi) is 3.84. The van der Waals surface area contributed by atoms with Crippen molar-refractivity contribution in [3.8, 4) is 0 Å². The van der Waals surface area contributed by atoms with E-state index < -0.39 is 0 Å². The summed E-state index contributed by atoms with van der Waals surface area (Å²) in [7, 11) is 0. The van der Waals surface area contributed by atoms with E-state index in [-0.39, 0.29) is 5.56 Å². The van der Waals surface area contributed by atoms with Gasteiger partial charge in [0.2, 0.25) is 0 Å². The third-order valence-corrected chi connectivity index (χ3v) is 4.26. The van der Waals surface area contributed by atoms with Gasteiger partial charge in [0.05, 0.1) is 0 Å². The number of rotatable bonds is 4. The van der Waals surface area contributed by atoms with Gasteiger partial charge in [-0.25, -0.2) is 0 Å². The molecule has 2 N–H and O–H groups in total. The number of nitrogens with two attached hydrogens (primary N) is 1. The number of benzene rings is 1. The zero-order valence-corrected chi connectivity index (χ0v) is 13.1. The number of nitrogens with zero attached hydrogens (tertiary/aromatic N) is 2. The molecular formula is C16H16BrN3O. The maximum atomic E-state index is 11.7. The van der Waals surface area contributed by atoms with Crippen molar-refractivity contribution in [2.75, 3.05) is 5.73 Å². The average Bonchev–Trinajstić information content (AvgIpc) is 2.88. The first-order chi connectivity index (χ1) is 10.1. The van der Waals surface area contributed by atoms with Crippen LogP contribution in [-0.2, 0) is 13.1 Å². The summed E-state index contributed by atoms with van der Waals surface area (Å²) in [4.78, 5) is 11.7. The van der Waals surface area contributed by atoms with Crippen LogP contribution in [0.3, 0.4) is 0 Å². The van der Waals surface area contributed by atoms with Gasteiger partial charge in [0.15, 0.2) is 0 Å². The van der Waals surface area contributed by atoms with E-state index in [9.17, 15) is 4.79 Å². The van der Waals surface area contributed by atoms with E-state index in [4.69, 9.17) is 5.73 Å². The number of pyridine rings is 1. The van der Waals surface area contributed by atoms with Crippen molar-refractivity contribution in [3.05, 3.63) is 63.6 Å². The fourth-order valence-electron chi connectivity index (χ4n) is 2.52. The Morgan fingerprint density at radius 2 is 1.86 bits per heavy atom. The molecule has 0 fully saturated rings. The maximum Gasteiger partial charge on any atom is 0.250 e. The van der Waals surface area contributed by atoms with Crippen LogP contribution in [0.4, 0.5) is 5.69 Å². The van der Waals surface area contributed by atoms with Crippen LogP contribution >= 0.6 is 15.9 Å². The van der Waals surface area contributed by atoms with Crippen LogP contribution in [0.1, 0.15) is 6.42 Å². The van der Waals surface area contributed by atoms with Crippen LogP contribution in [0.2, 0.25) is 0 Å². The first-order valence-corrected chi connectivity index (χ1v) is 7.64. The number of aryl methyl sites for hydroxylation is 2. The third kappa shape index (κ3) is 2.88. The molecule has 0 aliphatic rings. The fraction of sp³-hybridized carbons (Fsp3) is 0.188. The molecule has 2 heterocycles. The number of hydrogen-bond acceptors (Lipinski definition) is 2. The van der Waals surface area contributed by atoms with Crippen LogP contribution in [-0.4, -0.2) is 9.13 Å². The second-order valence-electron chi connectivity index (χ2n) is 5.03. The Labute approximate surface area is 130 Å². The second kappa shape index (κ2) is 5.77. The Balaban J connectivity index is 1.74. The molecule has 0 radical (unpaired) electrons. The molecule has 0 aliphatic carbocycles. The number of fused-ring (bicyclic) bond motifs is 1. The second-order valence-corrected chi connectivity index (χ2v) is 5.88. The summed E-state index contributed by atoms with van der Waals surface area (Å²) >= 11 is 3.56. The summed E-state index contributed by atoms with van der Waals surface area (Å²) in [5.41, 5.74) is 7.52. The van der Waals surface area contributed by atoms with Crippen LogP contribution in [0.25, 0.3) is 10.9 Å². The lowest BCUT2D eigenvalue weighted by atomic mass is 10.2. The SMILES string of the molecule is Nc1ccc(=O)n(CCCn2ccc3c(Br)cccc32)c1. The van der Waals surface area contributed by atoms with Crippen LogP contribution in [0.15, 0.2) is 58.1 Å². The van der Waals surface area contributed by atoms with Crippen LogP contribution < -0.4 is 11.3 Å². The minimum absolute atomic E-state index is 0.00990. The normalized spacial score (nSPS) is 11.1. The van der Waals surface area contributed by atoms with E-state index in [1.165, 1.54) is 17.0 Å². The van der Waals surface area contributed by atoms with E-state index in [1.54, 1.807) is 16.8 Å². The van der Waals surface area contributed by atoms with Crippen molar-refractivity contribution in [3.63, 3.8) is 0 Å². The van der Waals surface area contributed by atoms with Crippen LogP contribution in [0.5, 0.6) is 0 Å². The summed E-state index contributed by atoms with van der Waals surface area (Å²) in [6.45, 7) is 1.53. The maximum absolute atomic E-state index is 11.7. The molecule has 0 aliphatic heterocycles. The number of anilines is 1. The molecule has 0 bridgehead atoms. The lowest BCUT2D eigenvalue weighted by molar-refractivity contribution is 0.562. The van der Waals surface area contributed by atoms with Gasteiger partial charge >= 0.3 is 0 Å². The zero-order valence-electron chi connectivity index (χ0n) is 11.5. The molecule has 0 spiro atoms. The Morgan fingerprint density at radius 1 is 1.05 bits per heavy atom. The summed E-state index contributed by atoms with van der Waals surface area (Å²) in [5, 5.41) is 1.21. The number of aromatic nitrogens is 2. The highest BCUT2D eigenvalue weighted by atomic mass is 79.9. The Bertz CT molecular complexity index is 835. The van der Waals surface area contributed by atoms with Crippen molar-refractivity contribution < 1.29 is 0 Å². The molecule has 3 aromatic rings. The number of hydrogen-bond donors (Lipinski definition) is 1. The standard InChI is InChI=1S/C16H16BrN3O/c17-14-3-1-4-15-13(14)7-10-19(15)8-2-9-20-11-12(18)5-6-16(20)21/h1,3-7,10-11H,2,8-9,18H2. The highest BCUT2D eigenvalue weighted by Gasteiger charge is 2.04. The quantitative estimate of drug-likeness (QED) is 0.789. The average molecular weight is 346 g/mol. The van der Waals surface area contributed by atoms with E-state index in [0.29, 0.717) is 12.2 Å². The number of halogens is 1. The van der Waals surface area contributed by atoms with Gasteiger partial charge in [0.1, 0.15) is 0 Å². The molecule has 5 heteroatoms. The van der Waals surface area contributed by atoms with Crippen LogP contribution in [0, 0.1) is 0 Å². The lowest BCUT2D eigenvalue weighted by Crippen LogP contribution is -2.19. The molecule has 21 heavy (non-hydrogen) atoms. The predicted molar refractivity (Wildman–Crippen MR) is 89.4 cm³/mol. The van der Waals surface area contributed by atoms with Crippen molar-refractivity contribution in [1.29, 1.82) is 0 Å². The van der Waals surface area contributed by atoms with Crippen molar-refractivity contribution in [2.45, 2.75) is 19.5 Å². The monoisotopic (exact) mass is 345 g/mol. The molecule has 0 saturated carbocycles. The summed E-state index contributed by atoms with van der Waals surface area (Å²) < 4.78 is 4.97. The van der Waals surface area contributed by atoms with Gasteiger partial charge in [-0.1, -0.05) is 22.0 Å². The molecule has 3 rings (SSSR count). The topological polar surface area (TPSA) is 53.0 Å². The molecule has 108 valence electrons. The molecular weight excluding hydrogens is 330 g/mol.